The Hall–Kier alpha value is -1.75. The molecule has 1 saturated heterocycles. The summed E-state index contributed by atoms with van der Waals surface area (Å²) < 4.78 is 11.4. The van der Waals surface area contributed by atoms with Crippen LogP contribution in [0, 0.1) is 0 Å². The first kappa shape index (κ1) is 15.2. The van der Waals surface area contributed by atoms with Crippen molar-refractivity contribution in [2.75, 3.05) is 26.3 Å². The molecular weight excluding hydrogens is 280 g/mol. The Morgan fingerprint density at radius 1 is 1.41 bits per heavy atom. The highest BCUT2D eigenvalue weighted by Crippen LogP contribution is 2.31. The van der Waals surface area contributed by atoms with Crippen molar-refractivity contribution < 1.29 is 14.3 Å². The molecule has 1 fully saturated rings. The molecule has 2 atom stereocenters. The maximum atomic E-state index is 12.6. The zero-order valence-corrected chi connectivity index (χ0v) is 13.3. The van der Waals surface area contributed by atoms with Gasteiger partial charge in [-0.05, 0) is 19.4 Å². The van der Waals surface area contributed by atoms with Crippen LogP contribution in [0.1, 0.15) is 38.3 Å². The number of urea groups is 1. The molecule has 0 unspecified atom stereocenters. The molecule has 5 nitrogen and oxygen atoms in total. The molecule has 5 heteroatoms. The molecule has 2 aliphatic rings. The number of fused-ring (bicyclic) bond motifs is 1. The van der Waals surface area contributed by atoms with Gasteiger partial charge in [0.05, 0.1) is 31.4 Å². The highest BCUT2D eigenvalue weighted by molar-refractivity contribution is 5.75. The van der Waals surface area contributed by atoms with Gasteiger partial charge in [0.15, 0.2) is 0 Å². The number of rotatable bonds is 2. The van der Waals surface area contributed by atoms with E-state index in [0.717, 1.165) is 24.2 Å². The molecule has 0 bridgehead atoms. The molecular formula is C17H24N2O3. The number of amides is 2. The number of para-hydroxylation sites is 1. The van der Waals surface area contributed by atoms with Crippen LogP contribution >= 0.6 is 0 Å². The molecule has 2 aliphatic heterocycles. The van der Waals surface area contributed by atoms with Crippen LogP contribution in [0.15, 0.2) is 24.3 Å². The fourth-order valence-electron chi connectivity index (χ4n) is 3.05. The molecule has 1 aromatic rings. The average molecular weight is 304 g/mol. The lowest BCUT2D eigenvalue weighted by Crippen LogP contribution is -2.55. The van der Waals surface area contributed by atoms with E-state index in [1.807, 2.05) is 29.2 Å². The van der Waals surface area contributed by atoms with Gasteiger partial charge in [-0.3, -0.25) is 0 Å². The van der Waals surface area contributed by atoms with Crippen molar-refractivity contribution in [1.29, 1.82) is 0 Å². The molecule has 1 aromatic carbocycles. The molecule has 120 valence electrons. The van der Waals surface area contributed by atoms with Gasteiger partial charge in [-0.2, -0.15) is 0 Å². The summed E-state index contributed by atoms with van der Waals surface area (Å²) in [5, 5.41) is 3.16. The van der Waals surface area contributed by atoms with Gasteiger partial charge >= 0.3 is 6.03 Å². The minimum atomic E-state index is -0.233. The number of hydrogen-bond donors (Lipinski definition) is 1. The van der Waals surface area contributed by atoms with Crippen LogP contribution in [0.4, 0.5) is 4.79 Å². The molecule has 1 N–H and O–H groups in total. The zero-order chi connectivity index (χ0) is 15.6. The van der Waals surface area contributed by atoms with Crippen LogP contribution < -0.4 is 10.1 Å². The fraction of sp³-hybridized carbons (Fsp3) is 0.588. The number of nitrogens with one attached hydrogen (secondary N) is 1. The summed E-state index contributed by atoms with van der Waals surface area (Å²) in [5.41, 5.74) is 0.831. The van der Waals surface area contributed by atoms with Gasteiger partial charge in [0.1, 0.15) is 5.75 Å². The first-order valence-corrected chi connectivity index (χ1v) is 8.02. The minimum Gasteiger partial charge on any atom is -0.493 e. The summed E-state index contributed by atoms with van der Waals surface area (Å²) in [6, 6.07) is 7.93. The third-order valence-corrected chi connectivity index (χ3v) is 4.63. The van der Waals surface area contributed by atoms with Crippen LogP contribution in [0.2, 0.25) is 0 Å². The third kappa shape index (κ3) is 3.04. The van der Waals surface area contributed by atoms with E-state index in [0.29, 0.717) is 26.3 Å². The maximum absolute atomic E-state index is 12.6. The lowest BCUT2D eigenvalue weighted by atomic mass is 10.00. The standard InChI is InChI=1S/C17H24N2O3/c1-3-17(2)12-19(9-11-22-17)16(20)18-14-8-10-21-15-7-5-4-6-13(14)15/h4-7,14H,3,8-12H2,1-2H3,(H,18,20)/t14-,17+/m0/s1. The number of ether oxygens (including phenoxy) is 2. The SMILES string of the molecule is CC[C@]1(C)CN(C(=O)N[C@H]2CCOc3ccccc32)CCO1. The topological polar surface area (TPSA) is 50.8 Å². The first-order valence-electron chi connectivity index (χ1n) is 8.02. The molecule has 0 aromatic heterocycles. The van der Waals surface area contributed by atoms with Crippen LogP contribution in [0.3, 0.4) is 0 Å². The minimum absolute atomic E-state index is 0.00956. The van der Waals surface area contributed by atoms with Crippen molar-refractivity contribution in [3.63, 3.8) is 0 Å². The van der Waals surface area contributed by atoms with E-state index in [1.54, 1.807) is 0 Å². The number of carbonyl (C=O) groups is 1. The van der Waals surface area contributed by atoms with Crippen molar-refractivity contribution in [3.05, 3.63) is 29.8 Å². The third-order valence-electron chi connectivity index (χ3n) is 4.63. The quantitative estimate of drug-likeness (QED) is 0.914. The van der Waals surface area contributed by atoms with E-state index in [1.165, 1.54) is 0 Å². The second-order valence-corrected chi connectivity index (χ2v) is 6.25. The molecule has 0 radical (unpaired) electrons. The molecule has 22 heavy (non-hydrogen) atoms. The van der Waals surface area contributed by atoms with E-state index in [2.05, 4.69) is 19.2 Å². The van der Waals surface area contributed by atoms with E-state index >= 15 is 0 Å². The van der Waals surface area contributed by atoms with Gasteiger partial charge in [-0.1, -0.05) is 25.1 Å². The summed E-state index contributed by atoms with van der Waals surface area (Å²) in [4.78, 5) is 14.5. The van der Waals surface area contributed by atoms with E-state index in [4.69, 9.17) is 9.47 Å². The van der Waals surface area contributed by atoms with Crippen LogP contribution in [-0.4, -0.2) is 42.8 Å². The Morgan fingerprint density at radius 2 is 2.23 bits per heavy atom. The van der Waals surface area contributed by atoms with Gasteiger partial charge < -0.3 is 19.7 Å². The zero-order valence-electron chi connectivity index (χ0n) is 13.3. The van der Waals surface area contributed by atoms with Gasteiger partial charge in [0.25, 0.3) is 0 Å². The van der Waals surface area contributed by atoms with Gasteiger partial charge in [0, 0.05) is 18.5 Å². The summed E-state index contributed by atoms with van der Waals surface area (Å²) in [6.07, 6.45) is 1.70. The average Bonchev–Trinajstić information content (AvgIpc) is 2.55. The highest BCUT2D eigenvalue weighted by Gasteiger charge is 2.33. The van der Waals surface area contributed by atoms with Crippen LogP contribution in [0.25, 0.3) is 0 Å². The van der Waals surface area contributed by atoms with Crippen molar-refractivity contribution in [1.82, 2.24) is 10.2 Å². The number of nitrogens with zero attached hydrogens (tertiary/aromatic N) is 1. The van der Waals surface area contributed by atoms with Gasteiger partial charge in [0.2, 0.25) is 0 Å². The molecule has 0 saturated carbocycles. The molecule has 3 rings (SSSR count). The molecule has 0 aliphatic carbocycles. The summed E-state index contributed by atoms with van der Waals surface area (Å²) >= 11 is 0. The normalized spacial score (nSPS) is 27.7. The van der Waals surface area contributed by atoms with E-state index < -0.39 is 0 Å². The van der Waals surface area contributed by atoms with Crippen molar-refractivity contribution in [3.8, 4) is 5.75 Å². The van der Waals surface area contributed by atoms with Gasteiger partial charge in [-0.25, -0.2) is 4.79 Å². The number of hydrogen-bond acceptors (Lipinski definition) is 3. The van der Waals surface area contributed by atoms with E-state index in [-0.39, 0.29) is 17.7 Å². The Kier molecular flexibility index (Phi) is 4.25. The number of carbonyl (C=O) groups excluding carboxylic acids is 1. The second-order valence-electron chi connectivity index (χ2n) is 6.25. The van der Waals surface area contributed by atoms with Crippen molar-refractivity contribution >= 4 is 6.03 Å². The Balaban J connectivity index is 1.68. The molecule has 0 spiro atoms. The smallest absolute Gasteiger partial charge is 0.318 e. The Bertz CT molecular complexity index is 548. The Morgan fingerprint density at radius 3 is 3.05 bits per heavy atom. The van der Waals surface area contributed by atoms with E-state index in [9.17, 15) is 4.79 Å². The number of morpholine rings is 1. The molecule has 2 amide bonds. The predicted molar refractivity (Wildman–Crippen MR) is 84.0 cm³/mol. The highest BCUT2D eigenvalue weighted by atomic mass is 16.5. The summed E-state index contributed by atoms with van der Waals surface area (Å²) in [7, 11) is 0. The Labute approximate surface area is 131 Å². The summed E-state index contributed by atoms with van der Waals surface area (Å²) in [5.74, 6) is 0.874. The monoisotopic (exact) mass is 304 g/mol. The lowest BCUT2D eigenvalue weighted by molar-refractivity contribution is -0.0875. The van der Waals surface area contributed by atoms with Crippen LogP contribution in [-0.2, 0) is 4.74 Å². The van der Waals surface area contributed by atoms with Crippen molar-refractivity contribution in [2.24, 2.45) is 0 Å². The van der Waals surface area contributed by atoms with Crippen molar-refractivity contribution in [2.45, 2.75) is 38.3 Å². The van der Waals surface area contributed by atoms with Gasteiger partial charge in [-0.15, -0.1) is 0 Å². The predicted octanol–water partition coefficient (Wildman–Crippen LogP) is 2.72. The fourth-order valence-corrected chi connectivity index (χ4v) is 3.05. The summed E-state index contributed by atoms with van der Waals surface area (Å²) in [6.45, 7) is 6.68. The van der Waals surface area contributed by atoms with Crippen LogP contribution in [0.5, 0.6) is 5.75 Å². The number of benzene rings is 1. The first-order chi connectivity index (χ1) is 10.6. The molecule has 2 heterocycles. The second kappa shape index (κ2) is 6.16. The lowest BCUT2D eigenvalue weighted by Gasteiger charge is -2.40. The maximum Gasteiger partial charge on any atom is 0.318 e. The largest absolute Gasteiger partial charge is 0.493 e.